The number of nitrogens with one attached hydrogen (secondary N) is 1. The van der Waals surface area contributed by atoms with Crippen LogP contribution in [0.2, 0.25) is 0 Å². The van der Waals surface area contributed by atoms with Gasteiger partial charge in [-0.1, -0.05) is 6.07 Å². The van der Waals surface area contributed by atoms with Crippen LogP contribution < -0.4 is 20.5 Å². The zero-order valence-electron chi connectivity index (χ0n) is 19.4. The average Bonchev–Trinajstić information content (AvgIpc) is 3.57. The summed E-state index contributed by atoms with van der Waals surface area (Å²) in [5, 5.41) is 6.94. The summed E-state index contributed by atoms with van der Waals surface area (Å²) in [6.45, 7) is 3.81. The van der Waals surface area contributed by atoms with Crippen molar-refractivity contribution in [3.05, 3.63) is 53.7 Å². The lowest BCUT2D eigenvalue weighted by Gasteiger charge is -2.09. The highest BCUT2D eigenvalue weighted by Crippen LogP contribution is 2.32. The first-order chi connectivity index (χ1) is 16.5. The normalized spacial score (nSPS) is 12.7. The minimum absolute atomic E-state index is 0.221. The highest BCUT2D eigenvalue weighted by molar-refractivity contribution is 5.98. The van der Waals surface area contributed by atoms with E-state index in [9.17, 15) is 4.79 Å². The standard InChI is InChI=1S/C23H29N7O4/c1-16(19-7-8-27-29(19)2)28-22-18(12-24)26-14-30(22)9-3-4-10-32-23(31)25-13-17-5-6-20-21(11-17)34-15-33-20/h5-8,11,14H,3-4,9-10,12-13,15,24H2,1-2H3,(H,25,31)/b28-16+. The summed E-state index contributed by atoms with van der Waals surface area (Å²) in [6, 6.07) is 7.47. The Labute approximate surface area is 197 Å². The number of aromatic nitrogens is 4. The van der Waals surface area contributed by atoms with E-state index in [-0.39, 0.29) is 6.79 Å². The van der Waals surface area contributed by atoms with Crippen molar-refractivity contribution in [1.29, 1.82) is 0 Å². The molecule has 1 aliphatic rings. The molecule has 1 aromatic carbocycles. The molecule has 180 valence electrons. The molecule has 3 aromatic rings. The van der Waals surface area contributed by atoms with Crippen LogP contribution in [0.5, 0.6) is 11.5 Å². The number of carbonyl (C=O) groups excluding carboxylic acids is 1. The number of carbonyl (C=O) groups is 1. The number of nitrogens with zero attached hydrogens (tertiary/aromatic N) is 5. The molecule has 0 radical (unpaired) electrons. The van der Waals surface area contributed by atoms with Crippen LogP contribution in [0.4, 0.5) is 10.6 Å². The number of ether oxygens (including phenoxy) is 3. The first kappa shape index (κ1) is 23.3. The molecule has 1 aliphatic heterocycles. The molecule has 0 saturated heterocycles. The van der Waals surface area contributed by atoms with Crippen molar-refractivity contribution in [2.75, 3.05) is 13.4 Å². The van der Waals surface area contributed by atoms with Crippen molar-refractivity contribution in [3.63, 3.8) is 0 Å². The molecule has 0 spiro atoms. The molecular formula is C23H29N7O4. The lowest BCUT2D eigenvalue weighted by Crippen LogP contribution is -2.24. The number of unbranched alkanes of at least 4 members (excludes halogenated alkanes) is 1. The Morgan fingerprint density at radius 3 is 2.91 bits per heavy atom. The third-order valence-electron chi connectivity index (χ3n) is 5.44. The van der Waals surface area contributed by atoms with Gasteiger partial charge in [-0.3, -0.25) is 4.68 Å². The molecule has 1 amide bonds. The van der Waals surface area contributed by atoms with Crippen molar-refractivity contribution in [2.24, 2.45) is 17.8 Å². The predicted octanol–water partition coefficient (Wildman–Crippen LogP) is 2.65. The lowest BCUT2D eigenvalue weighted by atomic mass is 10.2. The maximum atomic E-state index is 12.0. The predicted molar refractivity (Wildman–Crippen MR) is 125 cm³/mol. The van der Waals surface area contributed by atoms with Gasteiger partial charge in [-0.2, -0.15) is 5.10 Å². The van der Waals surface area contributed by atoms with Crippen LogP contribution in [0.15, 0.2) is 41.8 Å². The number of benzene rings is 1. The second-order valence-electron chi connectivity index (χ2n) is 7.83. The maximum absolute atomic E-state index is 12.0. The molecule has 0 unspecified atom stereocenters. The Balaban J connectivity index is 1.22. The molecule has 3 heterocycles. The summed E-state index contributed by atoms with van der Waals surface area (Å²) in [7, 11) is 1.88. The van der Waals surface area contributed by atoms with Gasteiger partial charge in [-0.05, 0) is 43.5 Å². The first-order valence-corrected chi connectivity index (χ1v) is 11.1. The summed E-state index contributed by atoms with van der Waals surface area (Å²) in [4.78, 5) is 21.1. The number of aryl methyl sites for hydroxylation is 2. The van der Waals surface area contributed by atoms with Gasteiger partial charge in [0, 0.05) is 32.9 Å². The van der Waals surface area contributed by atoms with Gasteiger partial charge < -0.3 is 29.8 Å². The van der Waals surface area contributed by atoms with Crippen molar-refractivity contribution in [1.82, 2.24) is 24.6 Å². The second-order valence-corrected chi connectivity index (χ2v) is 7.83. The fraction of sp³-hybridized carbons (Fsp3) is 0.391. The van der Waals surface area contributed by atoms with E-state index in [1.807, 2.05) is 42.8 Å². The number of hydrogen-bond donors (Lipinski definition) is 2. The van der Waals surface area contributed by atoms with E-state index < -0.39 is 6.09 Å². The van der Waals surface area contributed by atoms with Crippen LogP contribution in [0, 0.1) is 0 Å². The van der Waals surface area contributed by atoms with Gasteiger partial charge in [0.2, 0.25) is 6.79 Å². The van der Waals surface area contributed by atoms with Gasteiger partial charge in [0.15, 0.2) is 17.3 Å². The lowest BCUT2D eigenvalue weighted by molar-refractivity contribution is 0.143. The number of imidazole rings is 1. The van der Waals surface area contributed by atoms with Crippen LogP contribution in [0.25, 0.3) is 0 Å². The fourth-order valence-corrected chi connectivity index (χ4v) is 3.62. The van der Waals surface area contributed by atoms with Crippen LogP contribution in [0.3, 0.4) is 0 Å². The fourth-order valence-electron chi connectivity index (χ4n) is 3.62. The Bertz CT molecular complexity index is 1170. The van der Waals surface area contributed by atoms with E-state index in [1.54, 1.807) is 17.2 Å². The Morgan fingerprint density at radius 1 is 1.26 bits per heavy atom. The zero-order valence-corrected chi connectivity index (χ0v) is 19.4. The molecule has 3 N–H and O–H groups in total. The van der Waals surface area contributed by atoms with Crippen LogP contribution in [-0.4, -0.2) is 44.5 Å². The van der Waals surface area contributed by atoms with Crippen molar-refractivity contribution in [2.45, 2.75) is 39.4 Å². The molecule has 0 saturated carbocycles. The summed E-state index contributed by atoms with van der Waals surface area (Å²) in [6.07, 6.45) is 4.53. The number of fused-ring (bicyclic) bond motifs is 1. The molecular weight excluding hydrogens is 438 g/mol. The topological polar surface area (TPSA) is 131 Å². The van der Waals surface area contributed by atoms with Gasteiger partial charge >= 0.3 is 6.09 Å². The summed E-state index contributed by atoms with van der Waals surface area (Å²) < 4.78 is 19.7. The summed E-state index contributed by atoms with van der Waals surface area (Å²) >= 11 is 0. The first-order valence-electron chi connectivity index (χ1n) is 11.1. The number of amides is 1. The van der Waals surface area contributed by atoms with Crippen LogP contribution in [-0.2, 0) is 31.4 Å². The van der Waals surface area contributed by atoms with E-state index in [1.165, 1.54) is 0 Å². The molecule has 0 atom stereocenters. The Kier molecular flexibility index (Phi) is 7.43. The number of alkyl carbamates (subject to hydrolysis) is 1. The molecule has 34 heavy (non-hydrogen) atoms. The van der Waals surface area contributed by atoms with Gasteiger partial charge in [0.1, 0.15) is 0 Å². The molecule has 2 aromatic heterocycles. The second kappa shape index (κ2) is 10.8. The number of nitrogens with two attached hydrogens (primary N) is 1. The number of rotatable bonds is 10. The van der Waals surface area contributed by atoms with Gasteiger partial charge in [0.05, 0.1) is 30.0 Å². The Morgan fingerprint density at radius 2 is 2.12 bits per heavy atom. The van der Waals surface area contributed by atoms with E-state index in [0.717, 1.165) is 34.9 Å². The van der Waals surface area contributed by atoms with Gasteiger partial charge in [-0.15, -0.1) is 0 Å². The van der Waals surface area contributed by atoms with E-state index >= 15 is 0 Å². The van der Waals surface area contributed by atoms with Crippen molar-refractivity contribution in [3.8, 4) is 11.5 Å². The van der Waals surface area contributed by atoms with Crippen molar-refractivity contribution >= 4 is 17.6 Å². The molecule has 11 nitrogen and oxygen atoms in total. The summed E-state index contributed by atoms with van der Waals surface area (Å²) in [5.41, 5.74) is 9.26. The monoisotopic (exact) mass is 467 g/mol. The molecule has 0 fully saturated rings. The zero-order chi connectivity index (χ0) is 23.9. The average molecular weight is 468 g/mol. The van der Waals surface area contributed by atoms with E-state index in [2.05, 4.69) is 15.4 Å². The minimum atomic E-state index is -0.456. The highest BCUT2D eigenvalue weighted by Gasteiger charge is 2.14. The minimum Gasteiger partial charge on any atom is -0.454 e. The van der Waals surface area contributed by atoms with Gasteiger partial charge in [0.25, 0.3) is 0 Å². The largest absolute Gasteiger partial charge is 0.454 e. The van der Waals surface area contributed by atoms with Gasteiger partial charge in [-0.25, -0.2) is 14.8 Å². The Hall–Kier alpha value is -3.86. The maximum Gasteiger partial charge on any atom is 0.407 e. The smallest absolute Gasteiger partial charge is 0.407 e. The molecule has 11 heteroatoms. The van der Waals surface area contributed by atoms with Crippen LogP contribution in [0.1, 0.15) is 36.7 Å². The van der Waals surface area contributed by atoms with Crippen molar-refractivity contribution < 1.29 is 19.0 Å². The SMILES string of the molecule is C/C(=N\c1c(CN)ncn1CCCCOC(=O)NCc1ccc2c(c1)OCO2)c1ccnn1C. The third-order valence-corrected chi connectivity index (χ3v) is 5.44. The quantitative estimate of drug-likeness (QED) is 0.346. The van der Waals surface area contributed by atoms with E-state index in [4.69, 9.17) is 24.9 Å². The molecule has 0 bridgehead atoms. The molecule has 4 rings (SSSR count). The number of aliphatic imine (C=N–C) groups is 1. The molecule has 0 aliphatic carbocycles. The van der Waals surface area contributed by atoms with E-state index in [0.29, 0.717) is 44.2 Å². The van der Waals surface area contributed by atoms with Crippen LogP contribution >= 0.6 is 0 Å². The number of hydrogen-bond acceptors (Lipinski definition) is 8. The summed E-state index contributed by atoms with van der Waals surface area (Å²) in [5.74, 6) is 2.14. The third kappa shape index (κ3) is 5.54. The highest BCUT2D eigenvalue weighted by atomic mass is 16.7.